The quantitative estimate of drug-likeness (QED) is 0.463. The van der Waals surface area contributed by atoms with Gasteiger partial charge < -0.3 is 15.4 Å². The van der Waals surface area contributed by atoms with E-state index in [4.69, 9.17) is 4.74 Å². The van der Waals surface area contributed by atoms with E-state index in [0.717, 1.165) is 11.1 Å². The van der Waals surface area contributed by atoms with Gasteiger partial charge in [-0.3, -0.25) is 9.59 Å². The maximum Gasteiger partial charge on any atom is 0.251 e. The highest BCUT2D eigenvalue weighted by Gasteiger charge is 2.13. The molecule has 5 heteroatoms. The zero-order valence-electron chi connectivity index (χ0n) is 14.4. The van der Waals surface area contributed by atoms with Gasteiger partial charge in [0.15, 0.2) is 0 Å². The first kappa shape index (κ1) is 18.3. The number of carbonyl (C=O) groups is 2. The average Bonchev–Trinajstić information content (AvgIpc) is 2.64. The number of hydrogen-bond acceptors (Lipinski definition) is 3. The van der Waals surface area contributed by atoms with Crippen LogP contribution in [-0.2, 0) is 9.59 Å². The molecule has 0 unspecified atom stereocenters. The molecule has 0 spiro atoms. The third kappa shape index (κ3) is 5.49. The SMILES string of the molecule is COc1ccccc1/C=C(/C(=O)NCCNC(C)=O)c1ccccc1. The smallest absolute Gasteiger partial charge is 0.251 e. The van der Waals surface area contributed by atoms with Gasteiger partial charge in [0.05, 0.1) is 7.11 Å². The molecule has 0 aliphatic heterocycles. The van der Waals surface area contributed by atoms with Crippen molar-refractivity contribution in [1.82, 2.24) is 10.6 Å². The summed E-state index contributed by atoms with van der Waals surface area (Å²) >= 11 is 0. The van der Waals surface area contributed by atoms with Crippen LogP contribution in [0.25, 0.3) is 11.6 Å². The van der Waals surface area contributed by atoms with E-state index >= 15 is 0 Å². The fourth-order valence-electron chi connectivity index (χ4n) is 2.35. The molecule has 2 N–H and O–H groups in total. The molecule has 2 aromatic carbocycles. The minimum atomic E-state index is -0.206. The molecule has 0 radical (unpaired) electrons. The fraction of sp³-hybridized carbons (Fsp3) is 0.200. The van der Waals surface area contributed by atoms with Gasteiger partial charge in [-0.15, -0.1) is 0 Å². The number of methoxy groups -OCH3 is 1. The van der Waals surface area contributed by atoms with Crippen LogP contribution < -0.4 is 15.4 Å². The molecule has 0 fully saturated rings. The van der Waals surface area contributed by atoms with Crippen LogP contribution in [0.3, 0.4) is 0 Å². The van der Waals surface area contributed by atoms with Gasteiger partial charge in [-0.1, -0.05) is 48.5 Å². The van der Waals surface area contributed by atoms with E-state index in [1.807, 2.05) is 60.7 Å². The lowest BCUT2D eigenvalue weighted by Crippen LogP contribution is -2.34. The maximum atomic E-state index is 12.7. The van der Waals surface area contributed by atoms with Crippen LogP contribution in [-0.4, -0.2) is 32.0 Å². The van der Waals surface area contributed by atoms with E-state index in [1.54, 1.807) is 7.11 Å². The molecule has 0 saturated heterocycles. The van der Waals surface area contributed by atoms with Crippen molar-refractivity contribution in [2.24, 2.45) is 0 Å². The lowest BCUT2D eigenvalue weighted by atomic mass is 10.0. The van der Waals surface area contributed by atoms with Crippen LogP contribution in [0.5, 0.6) is 5.75 Å². The van der Waals surface area contributed by atoms with E-state index in [2.05, 4.69) is 10.6 Å². The minimum Gasteiger partial charge on any atom is -0.496 e. The van der Waals surface area contributed by atoms with Crippen molar-refractivity contribution in [1.29, 1.82) is 0 Å². The van der Waals surface area contributed by atoms with Crippen molar-refractivity contribution in [3.05, 3.63) is 65.7 Å². The molecule has 0 saturated carbocycles. The Morgan fingerprint density at radius 3 is 2.28 bits per heavy atom. The van der Waals surface area contributed by atoms with Gasteiger partial charge in [0.2, 0.25) is 5.91 Å². The number of rotatable bonds is 7. The van der Waals surface area contributed by atoms with E-state index in [9.17, 15) is 9.59 Å². The maximum absolute atomic E-state index is 12.7. The van der Waals surface area contributed by atoms with Crippen LogP contribution in [0, 0.1) is 0 Å². The van der Waals surface area contributed by atoms with E-state index < -0.39 is 0 Å². The van der Waals surface area contributed by atoms with Gasteiger partial charge >= 0.3 is 0 Å². The summed E-state index contributed by atoms with van der Waals surface area (Å²) in [6.07, 6.45) is 1.81. The lowest BCUT2D eigenvalue weighted by Gasteiger charge is -2.11. The van der Waals surface area contributed by atoms with Crippen molar-refractivity contribution >= 4 is 23.5 Å². The lowest BCUT2D eigenvalue weighted by molar-refractivity contribution is -0.119. The predicted molar refractivity (Wildman–Crippen MR) is 99.0 cm³/mol. The monoisotopic (exact) mass is 338 g/mol. The zero-order valence-corrected chi connectivity index (χ0v) is 14.4. The normalized spacial score (nSPS) is 10.9. The predicted octanol–water partition coefficient (Wildman–Crippen LogP) is 2.49. The summed E-state index contributed by atoms with van der Waals surface area (Å²) in [5, 5.41) is 5.49. The summed E-state index contributed by atoms with van der Waals surface area (Å²) in [7, 11) is 1.60. The Morgan fingerprint density at radius 2 is 1.60 bits per heavy atom. The van der Waals surface area contributed by atoms with E-state index in [-0.39, 0.29) is 11.8 Å². The molecule has 0 bridgehead atoms. The van der Waals surface area contributed by atoms with Gasteiger partial charge in [-0.25, -0.2) is 0 Å². The highest BCUT2D eigenvalue weighted by atomic mass is 16.5. The third-order valence-corrected chi connectivity index (χ3v) is 3.55. The Morgan fingerprint density at radius 1 is 0.960 bits per heavy atom. The zero-order chi connectivity index (χ0) is 18.1. The number of amides is 2. The van der Waals surface area contributed by atoms with Gasteiger partial charge in [0.1, 0.15) is 5.75 Å². The van der Waals surface area contributed by atoms with Crippen LogP contribution in [0.4, 0.5) is 0 Å². The van der Waals surface area contributed by atoms with Gasteiger partial charge in [0, 0.05) is 31.1 Å². The molecule has 0 aromatic heterocycles. The Labute approximate surface area is 147 Å². The minimum absolute atomic E-state index is 0.123. The first-order valence-corrected chi connectivity index (χ1v) is 8.04. The summed E-state index contributed by atoms with van der Waals surface area (Å²) in [6, 6.07) is 17.0. The van der Waals surface area contributed by atoms with Crippen molar-refractivity contribution in [2.75, 3.05) is 20.2 Å². The Hall–Kier alpha value is -3.08. The standard InChI is InChI=1S/C20H22N2O3/c1-15(23)21-12-13-22-20(24)18(16-8-4-3-5-9-16)14-17-10-6-7-11-19(17)25-2/h3-11,14H,12-13H2,1-2H3,(H,21,23)(H,22,24)/b18-14+. The van der Waals surface area contributed by atoms with Crippen molar-refractivity contribution < 1.29 is 14.3 Å². The van der Waals surface area contributed by atoms with E-state index in [1.165, 1.54) is 6.92 Å². The largest absolute Gasteiger partial charge is 0.496 e. The Balaban J connectivity index is 2.26. The second-order valence-corrected chi connectivity index (χ2v) is 5.40. The van der Waals surface area contributed by atoms with Gasteiger partial charge in [-0.2, -0.15) is 0 Å². The number of nitrogens with one attached hydrogen (secondary N) is 2. The van der Waals surface area contributed by atoms with Crippen molar-refractivity contribution in [3.8, 4) is 5.75 Å². The molecule has 0 aliphatic carbocycles. The Kier molecular flexibility index (Phi) is 6.77. The molecule has 2 rings (SSSR count). The summed E-state index contributed by atoms with van der Waals surface area (Å²) in [4.78, 5) is 23.6. The number of benzene rings is 2. The molecular weight excluding hydrogens is 316 g/mol. The topological polar surface area (TPSA) is 67.4 Å². The number of hydrogen-bond donors (Lipinski definition) is 2. The highest BCUT2D eigenvalue weighted by Crippen LogP contribution is 2.24. The van der Waals surface area contributed by atoms with E-state index in [0.29, 0.717) is 24.4 Å². The first-order valence-electron chi connectivity index (χ1n) is 8.04. The summed E-state index contributed by atoms with van der Waals surface area (Å²) < 4.78 is 5.36. The van der Waals surface area contributed by atoms with Crippen molar-refractivity contribution in [2.45, 2.75) is 6.92 Å². The molecule has 0 atom stereocenters. The summed E-state index contributed by atoms with van der Waals surface area (Å²) in [5.41, 5.74) is 2.17. The highest BCUT2D eigenvalue weighted by molar-refractivity contribution is 6.24. The van der Waals surface area contributed by atoms with Crippen LogP contribution in [0.15, 0.2) is 54.6 Å². The first-order chi connectivity index (χ1) is 12.1. The third-order valence-electron chi connectivity index (χ3n) is 3.55. The molecule has 2 aromatic rings. The molecule has 2 amide bonds. The van der Waals surface area contributed by atoms with Gasteiger partial charge in [-0.05, 0) is 17.7 Å². The van der Waals surface area contributed by atoms with Crippen LogP contribution in [0.1, 0.15) is 18.1 Å². The Bertz CT molecular complexity index is 755. The van der Waals surface area contributed by atoms with Crippen LogP contribution in [0.2, 0.25) is 0 Å². The molecular formula is C20H22N2O3. The van der Waals surface area contributed by atoms with Crippen molar-refractivity contribution in [3.63, 3.8) is 0 Å². The number of para-hydroxylation sites is 1. The summed E-state index contributed by atoms with van der Waals surface area (Å²) in [5.74, 6) is 0.367. The number of ether oxygens (including phenoxy) is 1. The van der Waals surface area contributed by atoms with Crippen LogP contribution >= 0.6 is 0 Å². The fourth-order valence-corrected chi connectivity index (χ4v) is 2.35. The second kappa shape index (κ2) is 9.27. The number of carbonyl (C=O) groups excluding carboxylic acids is 2. The molecule has 0 aliphatic rings. The summed E-state index contributed by atoms with van der Waals surface area (Å²) in [6.45, 7) is 2.19. The molecule has 130 valence electrons. The second-order valence-electron chi connectivity index (χ2n) is 5.40. The molecule has 25 heavy (non-hydrogen) atoms. The average molecular weight is 338 g/mol. The molecule has 0 heterocycles. The van der Waals surface area contributed by atoms with Gasteiger partial charge in [0.25, 0.3) is 5.91 Å². The molecule has 5 nitrogen and oxygen atoms in total.